The number of amides is 1. The minimum atomic E-state index is -0.414. The number of benzene rings is 1. The van der Waals surface area contributed by atoms with E-state index < -0.39 is 5.91 Å². The van der Waals surface area contributed by atoms with Gasteiger partial charge in [0, 0.05) is 6.07 Å². The Balaban J connectivity index is 2.60. The van der Waals surface area contributed by atoms with E-state index in [1.54, 1.807) is 25.3 Å². The lowest BCUT2D eigenvalue weighted by atomic mass is 10.0. The van der Waals surface area contributed by atoms with Crippen molar-refractivity contribution in [3.05, 3.63) is 18.2 Å². The van der Waals surface area contributed by atoms with Gasteiger partial charge in [-0.1, -0.05) is 13.8 Å². The number of anilines is 1. The van der Waals surface area contributed by atoms with Crippen LogP contribution in [-0.4, -0.2) is 32.7 Å². The molecule has 0 aliphatic rings. The summed E-state index contributed by atoms with van der Waals surface area (Å²) >= 11 is 0. The standard InChI is InChI=1S/C16H23NO5/c1-5-11(6-2)16(19)22-10-15(18)17-13-8-7-12(20-3)9-14(13)21-4/h7-9,11H,5-6,10H2,1-4H3,(H,17,18). The van der Waals surface area contributed by atoms with Crippen molar-refractivity contribution in [3.63, 3.8) is 0 Å². The molecule has 1 rings (SSSR count). The first kappa shape index (κ1) is 17.8. The summed E-state index contributed by atoms with van der Waals surface area (Å²) in [5.74, 6) is 0.168. The first-order chi connectivity index (χ1) is 10.5. The molecule has 22 heavy (non-hydrogen) atoms. The van der Waals surface area contributed by atoms with Gasteiger partial charge in [-0.25, -0.2) is 0 Å². The number of rotatable bonds is 8. The fourth-order valence-corrected chi connectivity index (χ4v) is 1.96. The summed E-state index contributed by atoms with van der Waals surface area (Å²) < 4.78 is 15.3. The Bertz CT molecular complexity index is 511. The molecule has 0 saturated heterocycles. The Kier molecular flexibility index (Phi) is 7.22. The molecule has 6 nitrogen and oxygen atoms in total. The monoisotopic (exact) mass is 309 g/mol. The highest BCUT2D eigenvalue weighted by atomic mass is 16.5. The summed E-state index contributed by atoms with van der Waals surface area (Å²) in [4.78, 5) is 23.6. The number of nitrogens with one attached hydrogen (secondary N) is 1. The second kappa shape index (κ2) is 8.92. The fraction of sp³-hybridized carbons (Fsp3) is 0.500. The van der Waals surface area contributed by atoms with Crippen LogP contribution < -0.4 is 14.8 Å². The fourth-order valence-electron chi connectivity index (χ4n) is 1.96. The van der Waals surface area contributed by atoms with Crippen LogP contribution in [0.15, 0.2) is 18.2 Å². The van der Waals surface area contributed by atoms with Crippen LogP contribution in [-0.2, 0) is 14.3 Å². The quantitative estimate of drug-likeness (QED) is 0.747. The van der Waals surface area contributed by atoms with E-state index in [9.17, 15) is 9.59 Å². The van der Waals surface area contributed by atoms with Crippen LogP contribution >= 0.6 is 0 Å². The van der Waals surface area contributed by atoms with E-state index in [4.69, 9.17) is 14.2 Å². The topological polar surface area (TPSA) is 73.9 Å². The molecule has 0 spiro atoms. The Morgan fingerprint density at radius 2 is 1.82 bits per heavy atom. The van der Waals surface area contributed by atoms with E-state index in [1.165, 1.54) is 7.11 Å². The van der Waals surface area contributed by atoms with Gasteiger partial charge >= 0.3 is 5.97 Å². The Hall–Kier alpha value is -2.24. The van der Waals surface area contributed by atoms with Gasteiger partial charge in [-0.3, -0.25) is 9.59 Å². The molecule has 0 aliphatic carbocycles. The van der Waals surface area contributed by atoms with Gasteiger partial charge in [0.25, 0.3) is 5.91 Å². The van der Waals surface area contributed by atoms with Gasteiger partial charge in [-0.15, -0.1) is 0 Å². The molecule has 0 atom stereocenters. The predicted octanol–water partition coefficient (Wildman–Crippen LogP) is 2.62. The number of ether oxygens (including phenoxy) is 3. The van der Waals surface area contributed by atoms with E-state index in [0.717, 1.165) is 0 Å². The molecule has 1 aromatic rings. The van der Waals surface area contributed by atoms with Crippen LogP contribution in [0.4, 0.5) is 5.69 Å². The molecule has 0 fully saturated rings. The molecular weight excluding hydrogens is 286 g/mol. The second-order valence-electron chi connectivity index (χ2n) is 4.74. The largest absolute Gasteiger partial charge is 0.497 e. The highest BCUT2D eigenvalue weighted by molar-refractivity contribution is 5.94. The minimum absolute atomic E-state index is 0.164. The van der Waals surface area contributed by atoms with Crippen LogP contribution in [0.1, 0.15) is 26.7 Å². The molecule has 0 bridgehead atoms. The Morgan fingerprint density at radius 3 is 2.36 bits per heavy atom. The SMILES string of the molecule is CCC(CC)C(=O)OCC(=O)Nc1ccc(OC)cc1OC. The predicted molar refractivity (Wildman–Crippen MR) is 83.2 cm³/mol. The molecule has 122 valence electrons. The summed E-state index contributed by atoms with van der Waals surface area (Å²) in [5.41, 5.74) is 0.492. The zero-order valence-corrected chi connectivity index (χ0v) is 13.5. The Morgan fingerprint density at radius 1 is 1.14 bits per heavy atom. The van der Waals surface area contributed by atoms with Gasteiger partial charge in [0.1, 0.15) is 11.5 Å². The molecule has 0 aliphatic heterocycles. The number of esters is 1. The van der Waals surface area contributed by atoms with Gasteiger partial charge in [-0.05, 0) is 25.0 Å². The maximum atomic E-state index is 11.9. The minimum Gasteiger partial charge on any atom is -0.497 e. The second-order valence-corrected chi connectivity index (χ2v) is 4.74. The first-order valence-electron chi connectivity index (χ1n) is 7.24. The summed E-state index contributed by atoms with van der Waals surface area (Å²) in [6.07, 6.45) is 1.40. The molecule has 0 radical (unpaired) electrons. The van der Waals surface area contributed by atoms with Gasteiger partial charge in [0.2, 0.25) is 0 Å². The van der Waals surface area contributed by atoms with Crippen molar-refractivity contribution in [3.8, 4) is 11.5 Å². The molecule has 0 saturated carbocycles. The number of hydrogen-bond acceptors (Lipinski definition) is 5. The number of carbonyl (C=O) groups excluding carboxylic acids is 2. The third kappa shape index (κ3) is 4.95. The van der Waals surface area contributed by atoms with Crippen molar-refractivity contribution in [1.29, 1.82) is 0 Å². The molecule has 0 unspecified atom stereocenters. The summed E-state index contributed by atoms with van der Waals surface area (Å²) in [5, 5.41) is 2.65. The lowest BCUT2D eigenvalue weighted by molar-refractivity contribution is -0.151. The average Bonchev–Trinajstić information content (AvgIpc) is 2.54. The molecule has 1 N–H and O–H groups in total. The molecule has 6 heteroatoms. The van der Waals surface area contributed by atoms with Crippen molar-refractivity contribution in [1.82, 2.24) is 0 Å². The molecule has 0 heterocycles. The number of methoxy groups -OCH3 is 2. The maximum Gasteiger partial charge on any atom is 0.309 e. The first-order valence-corrected chi connectivity index (χ1v) is 7.24. The molecule has 1 amide bonds. The molecular formula is C16H23NO5. The normalized spacial score (nSPS) is 10.2. The lowest BCUT2D eigenvalue weighted by Gasteiger charge is -2.13. The third-order valence-electron chi connectivity index (χ3n) is 3.35. The van der Waals surface area contributed by atoms with Crippen molar-refractivity contribution < 1.29 is 23.8 Å². The van der Waals surface area contributed by atoms with Gasteiger partial charge < -0.3 is 19.5 Å². The van der Waals surface area contributed by atoms with Crippen molar-refractivity contribution >= 4 is 17.6 Å². The molecule has 1 aromatic carbocycles. The van der Waals surface area contributed by atoms with E-state index in [1.807, 2.05) is 13.8 Å². The lowest BCUT2D eigenvalue weighted by Crippen LogP contribution is -2.24. The maximum absolute atomic E-state index is 11.9. The van der Waals surface area contributed by atoms with Crippen LogP contribution in [0.25, 0.3) is 0 Å². The smallest absolute Gasteiger partial charge is 0.309 e. The summed E-state index contributed by atoms with van der Waals surface area (Å²) in [6.45, 7) is 3.51. The van der Waals surface area contributed by atoms with Crippen molar-refractivity contribution in [2.45, 2.75) is 26.7 Å². The zero-order valence-electron chi connectivity index (χ0n) is 13.5. The zero-order chi connectivity index (χ0) is 16.5. The van der Waals surface area contributed by atoms with Gasteiger partial charge in [0.15, 0.2) is 6.61 Å². The van der Waals surface area contributed by atoms with E-state index >= 15 is 0 Å². The van der Waals surface area contributed by atoms with Gasteiger partial charge in [-0.2, -0.15) is 0 Å². The number of carbonyl (C=O) groups is 2. The van der Waals surface area contributed by atoms with E-state index in [2.05, 4.69) is 5.32 Å². The van der Waals surface area contributed by atoms with Crippen molar-refractivity contribution in [2.75, 3.05) is 26.1 Å². The van der Waals surface area contributed by atoms with E-state index in [-0.39, 0.29) is 18.5 Å². The highest BCUT2D eigenvalue weighted by Crippen LogP contribution is 2.28. The van der Waals surface area contributed by atoms with Crippen LogP contribution in [0, 0.1) is 5.92 Å². The van der Waals surface area contributed by atoms with Gasteiger partial charge in [0.05, 0.1) is 25.8 Å². The molecule has 0 aromatic heterocycles. The van der Waals surface area contributed by atoms with E-state index in [0.29, 0.717) is 30.0 Å². The van der Waals surface area contributed by atoms with Crippen LogP contribution in [0.5, 0.6) is 11.5 Å². The average molecular weight is 309 g/mol. The Labute approximate surface area is 130 Å². The number of hydrogen-bond donors (Lipinski definition) is 1. The third-order valence-corrected chi connectivity index (χ3v) is 3.35. The highest BCUT2D eigenvalue weighted by Gasteiger charge is 2.17. The summed E-state index contributed by atoms with van der Waals surface area (Å²) in [7, 11) is 3.04. The van der Waals surface area contributed by atoms with Crippen LogP contribution in [0.2, 0.25) is 0 Å². The van der Waals surface area contributed by atoms with Crippen molar-refractivity contribution in [2.24, 2.45) is 5.92 Å². The van der Waals surface area contributed by atoms with Crippen LogP contribution in [0.3, 0.4) is 0 Å². The summed E-state index contributed by atoms with van der Waals surface area (Å²) in [6, 6.07) is 5.03.